The standard InChI is InChI=1S/C12H17ClN2O/c1-3-11(12(14)16)15(2)8-9-4-6-10(13)7-5-9/h4-7,11H,3,8H2,1-2H3,(H2,14,16). The van der Waals surface area contributed by atoms with Gasteiger partial charge in [-0.15, -0.1) is 0 Å². The van der Waals surface area contributed by atoms with Crippen molar-refractivity contribution in [1.82, 2.24) is 4.90 Å². The van der Waals surface area contributed by atoms with Gasteiger partial charge in [-0.3, -0.25) is 9.69 Å². The van der Waals surface area contributed by atoms with Crippen LogP contribution in [-0.2, 0) is 11.3 Å². The van der Waals surface area contributed by atoms with Crippen molar-refractivity contribution in [2.75, 3.05) is 7.05 Å². The fourth-order valence-corrected chi connectivity index (χ4v) is 1.84. The van der Waals surface area contributed by atoms with Crippen LogP contribution in [0.4, 0.5) is 0 Å². The first-order valence-corrected chi connectivity index (χ1v) is 5.66. The van der Waals surface area contributed by atoms with E-state index in [9.17, 15) is 4.79 Å². The highest BCUT2D eigenvalue weighted by molar-refractivity contribution is 6.30. The lowest BCUT2D eigenvalue weighted by Crippen LogP contribution is -2.41. The van der Waals surface area contributed by atoms with Crippen LogP contribution in [0.25, 0.3) is 0 Å². The van der Waals surface area contributed by atoms with E-state index in [1.807, 2.05) is 43.1 Å². The molecule has 0 aliphatic heterocycles. The Bertz CT molecular complexity index is 351. The van der Waals surface area contributed by atoms with Gasteiger partial charge in [0.1, 0.15) is 0 Å². The minimum Gasteiger partial charge on any atom is -0.368 e. The fourth-order valence-electron chi connectivity index (χ4n) is 1.72. The summed E-state index contributed by atoms with van der Waals surface area (Å²) in [6, 6.07) is 7.38. The van der Waals surface area contributed by atoms with E-state index in [1.165, 1.54) is 0 Å². The van der Waals surface area contributed by atoms with Gasteiger partial charge in [-0.1, -0.05) is 30.7 Å². The second-order valence-electron chi connectivity index (χ2n) is 3.87. The van der Waals surface area contributed by atoms with Gasteiger partial charge in [-0.05, 0) is 31.2 Å². The number of likely N-dealkylation sites (N-methyl/N-ethyl adjacent to an activating group) is 1. The molecule has 0 aliphatic carbocycles. The number of carbonyl (C=O) groups excluding carboxylic acids is 1. The van der Waals surface area contributed by atoms with Crippen LogP contribution in [0.2, 0.25) is 5.02 Å². The third-order valence-electron chi connectivity index (χ3n) is 2.59. The predicted octanol–water partition coefficient (Wildman–Crippen LogP) is 2.04. The van der Waals surface area contributed by atoms with Crippen LogP contribution >= 0.6 is 11.6 Å². The van der Waals surface area contributed by atoms with Gasteiger partial charge in [0.25, 0.3) is 0 Å². The second kappa shape index (κ2) is 5.87. The van der Waals surface area contributed by atoms with E-state index in [0.717, 1.165) is 12.0 Å². The van der Waals surface area contributed by atoms with E-state index in [-0.39, 0.29) is 11.9 Å². The van der Waals surface area contributed by atoms with E-state index in [0.29, 0.717) is 11.6 Å². The van der Waals surface area contributed by atoms with Crippen LogP contribution in [-0.4, -0.2) is 23.9 Å². The zero-order valence-electron chi connectivity index (χ0n) is 9.61. The van der Waals surface area contributed by atoms with E-state index in [4.69, 9.17) is 17.3 Å². The van der Waals surface area contributed by atoms with Crippen molar-refractivity contribution in [3.05, 3.63) is 34.9 Å². The molecule has 1 atom stereocenters. The molecule has 0 radical (unpaired) electrons. The molecule has 1 rings (SSSR count). The number of rotatable bonds is 5. The van der Waals surface area contributed by atoms with Crippen molar-refractivity contribution >= 4 is 17.5 Å². The maximum atomic E-state index is 11.2. The zero-order chi connectivity index (χ0) is 12.1. The molecule has 1 amide bonds. The number of hydrogen-bond acceptors (Lipinski definition) is 2. The Hall–Kier alpha value is -1.06. The van der Waals surface area contributed by atoms with Crippen LogP contribution in [0.15, 0.2) is 24.3 Å². The summed E-state index contributed by atoms with van der Waals surface area (Å²) in [5, 5.41) is 0.716. The first-order chi connectivity index (χ1) is 7.54. The van der Waals surface area contributed by atoms with Crippen molar-refractivity contribution < 1.29 is 4.79 Å². The number of benzene rings is 1. The van der Waals surface area contributed by atoms with Crippen molar-refractivity contribution in [1.29, 1.82) is 0 Å². The summed E-state index contributed by atoms with van der Waals surface area (Å²) < 4.78 is 0. The molecule has 0 aliphatic rings. The van der Waals surface area contributed by atoms with E-state index in [2.05, 4.69) is 0 Å². The lowest BCUT2D eigenvalue weighted by molar-refractivity contribution is -0.123. The van der Waals surface area contributed by atoms with Crippen molar-refractivity contribution in [3.63, 3.8) is 0 Å². The van der Waals surface area contributed by atoms with Gasteiger partial charge in [0.05, 0.1) is 6.04 Å². The molecule has 0 saturated carbocycles. The Morgan fingerprint density at radius 1 is 1.44 bits per heavy atom. The van der Waals surface area contributed by atoms with Crippen LogP contribution in [0.5, 0.6) is 0 Å². The smallest absolute Gasteiger partial charge is 0.234 e. The zero-order valence-corrected chi connectivity index (χ0v) is 10.4. The van der Waals surface area contributed by atoms with Gasteiger partial charge in [0, 0.05) is 11.6 Å². The highest BCUT2D eigenvalue weighted by Gasteiger charge is 2.18. The Morgan fingerprint density at radius 3 is 2.44 bits per heavy atom. The maximum Gasteiger partial charge on any atom is 0.234 e. The van der Waals surface area contributed by atoms with Gasteiger partial charge >= 0.3 is 0 Å². The molecule has 16 heavy (non-hydrogen) atoms. The molecule has 1 aromatic rings. The van der Waals surface area contributed by atoms with Crippen molar-refractivity contribution in [3.8, 4) is 0 Å². The van der Waals surface area contributed by atoms with Crippen LogP contribution in [0.3, 0.4) is 0 Å². The minimum absolute atomic E-state index is 0.212. The predicted molar refractivity (Wildman–Crippen MR) is 66.2 cm³/mol. The van der Waals surface area contributed by atoms with Crippen LogP contribution in [0, 0.1) is 0 Å². The van der Waals surface area contributed by atoms with E-state index >= 15 is 0 Å². The third kappa shape index (κ3) is 3.51. The highest BCUT2D eigenvalue weighted by Crippen LogP contribution is 2.12. The number of primary amides is 1. The molecule has 0 fully saturated rings. The number of amides is 1. The molecule has 4 heteroatoms. The van der Waals surface area contributed by atoms with Gasteiger partial charge in [-0.25, -0.2) is 0 Å². The first kappa shape index (κ1) is 13.0. The first-order valence-electron chi connectivity index (χ1n) is 5.28. The average Bonchev–Trinajstić information content (AvgIpc) is 2.22. The van der Waals surface area contributed by atoms with Crippen LogP contribution < -0.4 is 5.73 Å². The normalized spacial score (nSPS) is 12.8. The Balaban J connectivity index is 2.66. The number of nitrogens with zero attached hydrogens (tertiary/aromatic N) is 1. The third-order valence-corrected chi connectivity index (χ3v) is 2.84. The van der Waals surface area contributed by atoms with Gasteiger partial charge in [0.15, 0.2) is 0 Å². The molecule has 1 aromatic carbocycles. The number of nitrogens with two attached hydrogens (primary N) is 1. The van der Waals surface area contributed by atoms with Gasteiger partial charge in [-0.2, -0.15) is 0 Å². The Morgan fingerprint density at radius 2 is 2.00 bits per heavy atom. The fraction of sp³-hybridized carbons (Fsp3) is 0.417. The summed E-state index contributed by atoms with van der Waals surface area (Å²) in [5.74, 6) is -0.279. The molecular formula is C12H17ClN2O. The van der Waals surface area contributed by atoms with Crippen molar-refractivity contribution in [2.24, 2.45) is 5.73 Å². The summed E-state index contributed by atoms with van der Waals surface area (Å²) in [4.78, 5) is 13.1. The van der Waals surface area contributed by atoms with E-state index < -0.39 is 0 Å². The average molecular weight is 241 g/mol. The Labute approximate surface area is 101 Å². The molecule has 0 aromatic heterocycles. The summed E-state index contributed by atoms with van der Waals surface area (Å²) in [6.45, 7) is 2.65. The SMILES string of the molecule is CCC(C(N)=O)N(C)Cc1ccc(Cl)cc1. The highest BCUT2D eigenvalue weighted by atomic mass is 35.5. The lowest BCUT2D eigenvalue weighted by atomic mass is 10.1. The summed E-state index contributed by atoms with van der Waals surface area (Å²) in [6.07, 6.45) is 0.722. The number of hydrogen-bond donors (Lipinski definition) is 1. The summed E-state index contributed by atoms with van der Waals surface area (Å²) >= 11 is 5.80. The monoisotopic (exact) mass is 240 g/mol. The van der Waals surface area contributed by atoms with Crippen molar-refractivity contribution in [2.45, 2.75) is 25.9 Å². The number of carbonyl (C=O) groups is 1. The molecule has 2 N–H and O–H groups in total. The molecule has 0 spiro atoms. The minimum atomic E-state index is -0.279. The largest absolute Gasteiger partial charge is 0.368 e. The molecule has 3 nitrogen and oxygen atoms in total. The second-order valence-corrected chi connectivity index (χ2v) is 4.30. The molecule has 0 saturated heterocycles. The Kier molecular flexibility index (Phi) is 4.77. The van der Waals surface area contributed by atoms with Gasteiger partial charge in [0.2, 0.25) is 5.91 Å². The molecule has 0 bridgehead atoms. The number of halogens is 1. The lowest BCUT2D eigenvalue weighted by Gasteiger charge is -2.24. The molecule has 88 valence electrons. The maximum absolute atomic E-state index is 11.2. The molecule has 0 heterocycles. The summed E-state index contributed by atoms with van der Waals surface area (Å²) in [7, 11) is 1.90. The van der Waals surface area contributed by atoms with Gasteiger partial charge < -0.3 is 5.73 Å². The van der Waals surface area contributed by atoms with Crippen LogP contribution in [0.1, 0.15) is 18.9 Å². The molecule has 1 unspecified atom stereocenters. The quantitative estimate of drug-likeness (QED) is 0.856. The summed E-state index contributed by atoms with van der Waals surface area (Å²) in [5.41, 5.74) is 6.44. The molecular weight excluding hydrogens is 224 g/mol. The van der Waals surface area contributed by atoms with E-state index in [1.54, 1.807) is 0 Å². The topological polar surface area (TPSA) is 46.3 Å².